The number of rotatable bonds is 1. The van der Waals surface area contributed by atoms with Gasteiger partial charge in [-0.05, 0) is 0 Å². The molecule has 2 radical (unpaired) electrons. The Bertz CT molecular complexity index is 97.1. The van der Waals surface area contributed by atoms with Crippen LogP contribution < -0.4 is 0 Å². The second-order valence-electron chi connectivity index (χ2n) is 1.28. The van der Waals surface area contributed by atoms with E-state index in [-0.39, 0.29) is 0 Å². The van der Waals surface area contributed by atoms with Crippen LogP contribution in [0.25, 0.3) is 0 Å². The normalized spacial score (nSPS) is 18.0. The van der Waals surface area contributed by atoms with Crippen LogP contribution in [0.5, 0.6) is 0 Å². The smallest absolute Gasteiger partial charge is 0.145 e. The average Bonchev–Trinajstić information content (AvgIpc) is 2.14. The number of nitrogens with zero attached hydrogens (tertiary/aromatic N) is 3. The molecule has 0 N–H and O–H groups in total. The molecule has 0 atom stereocenters. The molecule has 3 heteroatoms. The maximum Gasteiger partial charge on any atom is 0.145 e. The summed E-state index contributed by atoms with van der Waals surface area (Å²) < 4.78 is 0. The van der Waals surface area contributed by atoms with E-state index in [9.17, 15) is 0 Å². The van der Waals surface area contributed by atoms with Gasteiger partial charge in [-0.25, -0.2) is 0 Å². The molecule has 0 aromatic heterocycles. The summed E-state index contributed by atoms with van der Waals surface area (Å²) in [5.74, 6) is 0. The van der Waals surface area contributed by atoms with Crippen LogP contribution in [0.1, 0.15) is 6.42 Å². The minimum atomic E-state index is 0.767. The fourth-order valence-electron chi connectivity index (χ4n) is 0.459. The molecule has 0 saturated carbocycles. The van der Waals surface area contributed by atoms with Crippen molar-refractivity contribution in [1.82, 2.24) is 5.12 Å². The maximum atomic E-state index is 6.44. The first-order chi connectivity index (χ1) is 3.43. The molecule has 1 heterocycles. The molecule has 0 aromatic carbocycles. The fourth-order valence-corrected chi connectivity index (χ4v) is 0.459. The minimum absolute atomic E-state index is 0.767. The Morgan fingerprint density at radius 3 is 3.00 bits per heavy atom. The van der Waals surface area contributed by atoms with Gasteiger partial charge in [-0.1, -0.05) is 0 Å². The summed E-state index contributed by atoms with van der Waals surface area (Å²) in [5, 5.41) is 8.13. The van der Waals surface area contributed by atoms with Crippen molar-refractivity contribution in [2.24, 2.45) is 10.2 Å². The maximum absolute atomic E-state index is 6.44. The van der Waals surface area contributed by atoms with Crippen LogP contribution >= 0.6 is 0 Å². The Labute approximate surface area is 42.3 Å². The molecule has 0 aliphatic carbocycles. The van der Waals surface area contributed by atoms with E-state index >= 15 is 0 Å². The lowest BCUT2D eigenvalue weighted by atomic mass is 10.5. The summed E-state index contributed by atoms with van der Waals surface area (Å²) in [7, 11) is 0. The van der Waals surface area contributed by atoms with Crippen LogP contribution in [0.15, 0.2) is 10.2 Å². The molecule has 0 bridgehead atoms. The molecule has 0 saturated heterocycles. The summed E-state index contributed by atoms with van der Waals surface area (Å²) in [6.45, 7) is 7.20. The van der Waals surface area contributed by atoms with Crippen LogP contribution in [0.2, 0.25) is 0 Å². The second-order valence-corrected chi connectivity index (χ2v) is 1.28. The van der Waals surface area contributed by atoms with Crippen LogP contribution in [-0.4, -0.2) is 24.6 Å². The van der Waals surface area contributed by atoms with Gasteiger partial charge in [0, 0.05) is 12.6 Å². The standard InChI is InChI=1S/C4H5N3/c1-5-7-4-2-3-6-7/h3H,2,4H2. The van der Waals surface area contributed by atoms with E-state index in [1.54, 1.807) is 6.21 Å². The highest BCUT2D eigenvalue weighted by Gasteiger charge is 1.99. The lowest BCUT2D eigenvalue weighted by molar-refractivity contribution is 0.341. The molecule has 0 spiro atoms. The zero-order valence-corrected chi connectivity index (χ0v) is 3.83. The van der Waals surface area contributed by atoms with Crippen molar-refractivity contribution in [2.75, 3.05) is 6.54 Å². The highest BCUT2D eigenvalue weighted by molar-refractivity contribution is 5.58. The number of hydrogen-bond acceptors (Lipinski definition) is 3. The zero-order valence-electron chi connectivity index (χ0n) is 3.83. The number of hydrogen-bond donors (Lipinski definition) is 0. The van der Waals surface area contributed by atoms with E-state index in [2.05, 4.69) is 10.2 Å². The molecule has 0 amide bonds. The van der Waals surface area contributed by atoms with Gasteiger partial charge in [0.1, 0.15) is 6.72 Å². The average molecular weight is 95.1 g/mol. The van der Waals surface area contributed by atoms with Crippen molar-refractivity contribution in [3.8, 4) is 0 Å². The van der Waals surface area contributed by atoms with E-state index in [0.29, 0.717) is 0 Å². The second kappa shape index (κ2) is 1.73. The highest BCUT2D eigenvalue weighted by atomic mass is 15.7. The predicted octanol–water partition coefficient (Wildman–Crippen LogP) is 0.0475. The Morgan fingerprint density at radius 2 is 2.71 bits per heavy atom. The van der Waals surface area contributed by atoms with Crippen molar-refractivity contribution < 1.29 is 0 Å². The van der Waals surface area contributed by atoms with Gasteiger partial charge in [-0.15, -0.1) is 0 Å². The van der Waals surface area contributed by atoms with Crippen molar-refractivity contribution >= 4 is 12.9 Å². The van der Waals surface area contributed by atoms with E-state index in [1.165, 1.54) is 5.12 Å². The molecule has 3 nitrogen and oxygen atoms in total. The third-order valence-corrected chi connectivity index (χ3v) is 0.789. The lowest BCUT2D eigenvalue weighted by Crippen LogP contribution is -2.03. The molecular formula is C4H5N3. The van der Waals surface area contributed by atoms with Crippen molar-refractivity contribution in [2.45, 2.75) is 6.42 Å². The van der Waals surface area contributed by atoms with Crippen molar-refractivity contribution in [3.05, 3.63) is 0 Å². The molecule has 0 unspecified atom stereocenters. The summed E-state index contributed by atoms with van der Waals surface area (Å²) in [6, 6.07) is 0. The lowest BCUT2D eigenvalue weighted by Gasteiger charge is -2.00. The molecule has 1 rings (SSSR count). The summed E-state index contributed by atoms with van der Waals surface area (Å²) >= 11 is 0. The zero-order chi connectivity index (χ0) is 5.11. The minimum Gasteiger partial charge on any atom is -0.184 e. The topological polar surface area (TPSA) is 28.0 Å². The SMILES string of the molecule is C1=NN(N=[C:1])CC1. The van der Waals surface area contributed by atoms with Crippen molar-refractivity contribution in [3.63, 3.8) is 0 Å². The van der Waals surface area contributed by atoms with Crippen molar-refractivity contribution in [1.29, 1.82) is 0 Å². The van der Waals surface area contributed by atoms with Gasteiger partial charge in [0.15, 0.2) is 0 Å². The van der Waals surface area contributed by atoms with Gasteiger partial charge in [-0.2, -0.15) is 15.3 Å². The summed E-state index contributed by atoms with van der Waals surface area (Å²) in [6.07, 6.45) is 2.67. The Hall–Kier alpha value is -0.860. The molecule has 1 aliphatic heterocycles. The predicted molar refractivity (Wildman–Crippen MR) is 27.2 cm³/mol. The summed E-state index contributed by atoms with van der Waals surface area (Å²) in [5.41, 5.74) is 0. The third kappa shape index (κ3) is 0.765. The van der Waals surface area contributed by atoms with Gasteiger partial charge in [0.25, 0.3) is 0 Å². The first-order valence-corrected chi connectivity index (χ1v) is 2.11. The molecule has 36 valence electrons. The molecule has 0 aromatic rings. The quantitative estimate of drug-likeness (QED) is 0.423. The molecule has 0 fully saturated rings. The van der Waals surface area contributed by atoms with E-state index in [0.717, 1.165) is 13.0 Å². The highest BCUT2D eigenvalue weighted by Crippen LogP contribution is 1.96. The van der Waals surface area contributed by atoms with Gasteiger partial charge < -0.3 is 0 Å². The van der Waals surface area contributed by atoms with Gasteiger partial charge in [0.05, 0.1) is 6.54 Å². The van der Waals surface area contributed by atoms with Crippen LogP contribution in [-0.2, 0) is 0 Å². The largest absolute Gasteiger partial charge is 0.184 e. The number of hydrazone groups is 2. The van der Waals surface area contributed by atoms with E-state index in [4.69, 9.17) is 6.72 Å². The van der Waals surface area contributed by atoms with E-state index < -0.39 is 0 Å². The molecular weight excluding hydrogens is 90.1 g/mol. The van der Waals surface area contributed by atoms with Gasteiger partial charge >= 0.3 is 0 Å². The third-order valence-electron chi connectivity index (χ3n) is 0.789. The monoisotopic (exact) mass is 95.0 g/mol. The Kier molecular flexibility index (Phi) is 1.06. The van der Waals surface area contributed by atoms with Crippen LogP contribution in [0.4, 0.5) is 0 Å². The van der Waals surface area contributed by atoms with E-state index in [1.807, 2.05) is 0 Å². The Morgan fingerprint density at radius 1 is 1.86 bits per heavy atom. The first kappa shape index (κ1) is 4.30. The summed E-state index contributed by atoms with van der Waals surface area (Å²) in [4.78, 5) is 0. The van der Waals surface area contributed by atoms with Crippen LogP contribution in [0, 0.1) is 0 Å². The fraction of sp³-hybridized carbons (Fsp3) is 0.500. The van der Waals surface area contributed by atoms with Gasteiger partial charge in [-0.3, -0.25) is 0 Å². The first-order valence-electron chi connectivity index (χ1n) is 2.11. The Balaban J connectivity index is 2.42. The van der Waals surface area contributed by atoms with Crippen LogP contribution in [0.3, 0.4) is 0 Å². The molecule has 7 heavy (non-hydrogen) atoms. The van der Waals surface area contributed by atoms with Gasteiger partial charge in [0.2, 0.25) is 0 Å². The molecule has 1 aliphatic rings.